The van der Waals surface area contributed by atoms with E-state index in [1.165, 1.54) is 22.7 Å². The number of piperidine rings is 2. The van der Waals surface area contributed by atoms with E-state index in [4.69, 9.17) is 4.74 Å². The van der Waals surface area contributed by atoms with E-state index in [2.05, 4.69) is 66.6 Å². The quantitative estimate of drug-likeness (QED) is 0.119. The SMILES string of the molecule is CC(C)(C)OC(=O)N1CC2(CCN(c3ccncc3NC(=O)c3csc(Br)n3)CC2)C1.Cn1c(=O)[nH]c2ccccc21.Cn1c(=O)n(-c2nc(C(=O)Nc3cnccc3N3CCC4(CC3)CNC4)cs2)c2ccccc21. The molecule has 4 N–H and O–H groups in total. The number of halogens is 1. The van der Waals surface area contributed by atoms with Crippen LogP contribution in [-0.4, -0.2) is 119 Å². The highest BCUT2D eigenvalue weighted by atomic mass is 79.9. The van der Waals surface area contributed by atoms with E-state index in [1.54, 1.807) is 68.2 Å². The number of anilines is 4. The van der Waals surface area contributed by atoms with E-state index in [1.807, 2.05) is 81.4 Å². The maximum Gasteiger partial charge on any atom is 0.410 e. The standard InChI is InChI=1S/C24H25N7O2S.C21H26BrN5O3S.C8H8N2O/c1-29-19-4-2-3-5-20(19)31(23(29)33)22-28-17(13-34-22)21(32)27-16-12-25-9-6-18(16)30-10-7-24(8-11-30)14-26-15-24;1-20(2,3)30-19(29)27-12-21(13-27)5-8-26(9-6-21)16-4-7-23-10-14(16)24-17(28)15-11-31-18(22)25-15;1-10-7-5-3-2-4-6(7)9-8(10)11/h2-6,9,12-13,26H,7-8,10-11,14-15H2,1H3,(H,27,32);4,7,10-11H,5-6,8-9,12-13H2,1-3H3,(H,24,28);2-5H,1H3,(H,9,11). The van der Waals surface area contributed by atoms with Gasteiger partial charge in [0, 0.05) is 95.0 Å². The summed E-state index contributed by atoms with van der Waals surface area (Å²) in [5.41, 5.74) is 7.22. The van der Waals surface area contributed by atoms with Gasteiger partial charge in [0.25, 0.3) is 11.8 Å². The number of fused-ring (bicyclic) bond motifs is 2. The van der Waals surface area contributed by atoms with Crippen molar-refractivity contribution in [1.29, 1.82) is 0 Å². The number of hydrogen-bond donors (Lipinski definition) is 4. The molecule has 0 radical (unpaired) electrons. The van der Waals surface area contributed by atoms with Crippen LogP contribution in [0.4, 0.5) is 27.5 Å². The van der Waals surface area contributed by atoms with Gasteiger partial charge in [-0.3, -0.25) is 28.7 Å². The molecule has 4 aliphatic heterocycles. The van der Waals surface area contributed by atoms with Crippen LogP contribution >= 0.6 is 38.6 Å². The molecular weight excluding hydrogens is 1070 g/mol. The van der Waals surface area contributed by atoms with Crippen LogP contribution in [0.5, 0.6) is 0 Å². The van der Waals surface area contributed by atoms with Crippen molar-refractivity contribution in [3.63, 3.8) is 0 Å². The van der Waals surface area contributed by atoms with Crippen molar-refractivity contribution >= 4 is 101 Å². The minimum Gasteiger partial charge on any atom is -0.444 e. The fourth-order valence-corrected chi connectivity index (χ4v) is 12.0. The van der Waals surface area contributed by atoms with Gasteiger partial charge in [-0.25, -0.2) is 28.9 Å². The number of rotatable bonds is 7. The number of H-pyrrole nitrogens is 1. The van der Waals surface area contributed by atoms with Crippen LogP contribution in [0.1, 0.15) is 67.4 Å². The van der Waals surface area contributed by atoms with Crippen molar-refractivity contribution in [2.45, 2.75) is 52.1 Å². The molecular formula is C53H59BrN14O6S2. The summed E-state index contributed by atoms with van der Waals surface area (Å²) >= 11 is 5.93. The molecule has 20 nitrogen and oxygen atoms in total. The number of ether oxygens (including phenoxy) is 1. The van der Waals surface area contributed by atoms with Crippen molar-refractivity contribution in [3.8, 4) is 5.13 Å². The Bertz CT molecular complexity index is 3540. The first kappa shape index (κ1) is 52.2. The molecule has 4 saturated heterocycles. The lowest BCUT2D eigenvalue weighted by Crippen LogP contribution is -2.62. The lowest BCUT2D eigenvalue weighted by atomic mass is 9.72. The normalized spacial score (nSPS) is 16.5. The van der Waals surface area contributed by atoms with Crippen LogP contribution in [0.2, 0.25) is 0 Å². The fourth-order valence-electron chi connectivity index (χ4n) is 10.2. The Morgan fingerprint density at radius 3 is 1.78 bits per heavy atom. The maximum atomic E-state index is 13.1. The Balaban J connectivity index is 0.000000144. The highest BCUT2D eigenvalue weighted by Gasteiger charge is 2.48. The molecule has 4 fully saturated rings. The number of amides is 3. The van der Waals surface area contributed by atoms with Crippen LogP contribution < -0.4 is 37.1 Å². The summed E-state index contributed by atoms with van der Waals surface area (Å²) in [5, 5.41) is 13.2. The first-order chi connectivity index (χ1) is 36.5. The number of carbonyl (C=O) groups excluding carboxylic acids is 3. The Morgan fingerprint density at radius 2 is 1.24 bits per heavy atom. The second kappa shape index (κ2) is 21.4. The van der Waals surface area contributed by atoms with Gasteiger partial charge >= 0.3 is 17.5 Å². The molecule has 0 atom stereocenters. The molecule has 0 unspecified atom stereocenters. The average molecular weight is 1130 g/mol. The van der Waals surface area contributed by atoms with E-state index in [0.29, 0.717) is 31.5 Å². The van der Waals surface area contributed by atoms with Crippen LogP contribution in [0.15, 0.2) is 110 Å². The predicted molar refractivity (Wildman–Crippen MR) is 300 cm³/mol. The molecule has 4 aliphatic rings. The number of benzene rings is 2. The molecule has 0 bridgehead atoms. The number of likely N-dealkylation sites (tertiary alicyclic amines) is 1. The molecule has 0 aliphatic carbocycles. The number of hydrogen-bond acceptors (Lipinski definition) is 15. The Labute approximate surface area is 454 Å². The summed E-state index contributed by atoms with van der Waals surface area (Å²) in [4.78, 5) is 88.0. The minimum absolute atomic E-state index is 0.0637. The van der Waals surface area contributed by atoms with Gasteiger partial charge in [0.1, 0.15) is 17.0 Å². The second-order valence-corrected chi connectivity index (χ2v) is 23.8. The average Bonchev–Trinajstić information content (AvgIpc) is 4.18. The van der Waals surface area contributed by atoms with Gasteiger partial charge < -0.3 is 40.4 Å². The number of carbonyl (C=O) groups is 3. The Kier molecular flexibility index (Phi) is 14.7. The number of pyridine rings is 2. The van der Waals surface area contributed by atoms with Gasteiger partial charge in [-0.15, -0.1) is 22.7 Å². The number of nitrogens with one attached hydrogen (secondary N) is 4. The molecule has 76 heavy (non-hydrogen) atoms. The third-order valence-electron chi connectivity index (χ3n) is 14.5. The molecule has 12 rings (SSSR count). The number of aromatic amines is 1. The summed E-state index contributed by atoms with van der Waals surface area (Å²) in [5.74, 6) is -0.571. The number of thiazole rings is 2. The zero-order chi connectivity index (χ0) is 53.4. The smallest absolute Gasteiger partial charge is 0.410 e. The van der Waals surface area contributed by atoms with Gasteiger partial charge in [-0.05, 0) is 104 Å². The number of nitrogens with zero attached hydrogens (tertiary/aromatic N) is 10. The van der Waals surface area contributed by atoms with Gasteiger partial charge in [0.15, 0.2) is 9.05 Å². The third kappa shape index (κ3) is 11.0. The van der Waals surface area contributed by atoms with Crippen molar-refractivity contribution in [2.75, 3.05) is 72.8 Å². The largest absolute Gasteiger partial charge is 0.444 e. The van der Waals surface area contributed by atoms with E-state index in [0.717, 1.165) is 111 Å². The molecule has 3 amide bonds. The summed E-state index contributed by atoms with van der Waals surface area (Å²) in [7, 11) is 3.48. The molecule has 8 aromatic rings. The maximum absolute atomic E-state index is 13.1. The van der Waals surface area contributed by atoms with E-state index < -0.39 is 5.60 Å². The van der Waals surface area contributed by atoms with Gasteiger partial charge in [0.2, 0.25) is 0 Å². The predicted octanol–water partition coefficient (Wildman–Crippen LogP) is 7.88. The zero-order valence-electron chi connectivity index (χ0n) is 42.8. The van der Waals surface area contributed by atoms with Crippen molar-refractivity contribution in [2.24, 2.45) is 24.9 Å². The van der Waals surface area contributed by atoms with Crippen LogP contribution in [0.3, 0.4) is 0 Å². The lowest BCUT2D eigenvalue weighted by Gasteiger charge is -2.54. The van der Waals surface area contributed by atoms with E-state index >= 15 is 0 Å². The van der Waals surface area contributed by atoms with Crippen LogP contribution in [0, 0.1) is 10.8 Å². The van der Waals surface area contributed by atoms with Crippen LogP contribution in [-0.2, 0) is 18.8 Å². The number of aromatic nitrogens is 8. The highest BCUT2D eigenvalue weighted by Crippen LogP contribution is 2.43. The van der Waals surface area contributed by atoms with E-state index in [-0.39, 0.29) is 40.4 Å². The molecule has 2 spiro atoms. The summed E-state index contributed by atoms with van der Waals surface area (Å²) in [6.45, 7) is 13.0. The van der Waals surface area contributed by atoms with Crippen molar-refractivity contribution < 1.29 is 19.1 Å². The van der Waals surface area contributed by atoms with Gasteiger partial charge in [-0.1, -0.05) is 24.3 Å². The van der Waals surface area contributed by atoms with Crippen LogP contribution in [0.25, 0.3) is 27.2 Å². The molecule has 2 aromatic carbocycles. The van der Waals surface area contributed by atoms with Gasteiger partial charge in [-0.2, -0.15) is 0 Å². The zero-order valence-corrected chi connectivity index (χ0v) is 46.1. The first-order valence-corrected chi connectivity index (χ1v) is 27.6. The molecule has 6 aromatic heterocycles. The molecule has 0 saturated carbocycles. The number of aryl methyl sites for hydroxylation is 2. The molecule has 23 heteroatoms. The first-order valence-electron chi connectivity index (χ1n) is 25.0. The summed E-state index contributed by atoms with van der Waals surface area (Å²) < 4.78 is 10.9. The third-order valence-corrected chi connectivity index (χ3v) is 16.7. The van der Waals surface area contributed by atoms with Crippen molar-refractivity contribution in [1.82, 2.24) is 48.8 Å². The highest BCUT2D eigenvalue weighted by molar-refractivity contribution is 9.11. The number of imidazole rings is 2. The number of para-hydroxylation sites is 4. The lowest BCUT2D eigenvalue weighted by molar-refractivity contribution is -0.0434. The second-order valence-electron chi connectivity index (χ2n) is 20.8. The Hall–Kier alpha value is -7.21. The minimum atomic E-state index is -0.472. The van der Waals surface area contributed by atoms with E-state index in [9.17, 15) is 24.0 Å². The van der Waals surface area contributed by atoms with Crippen molar-refractivity contribution in [3.05, 3.63) is 132 Å². The topological polar surface area (TPSA) is 223 Å². The van der Waals surface area contributed by atoms with Gasteiger partial charge in [0.05, 0.1) is 57.2 Å². The summed E-state index contributed by atoms with van der Waals surface area (Å²) in [6.07, 6.45) is 10.9. The fraction of sp³-hybridized carbons (Fsp3) is 0.377. The molecule has 10 heterocycles. The molecule has 396 valence electrons. The summed E-state index contributed by atoms with van der Waals surface area (Å²) in [6, 6.07) is 19.0. The Morgan fingerprint density at radius 1 is 0.697 bits per heavy atom. The monoisotopic (exact) mass is 1130 g/mol.